The molecule has 3 amide bonds. The molecule has 1 N–H and O–H groups in total. The molecule has 0 spiro atoms. The van der Waals surface area contributed by atoms with Crippen molar-refractivity contribution in [3.8, 4) is 0 Å². The van der Waals surface area contributed by atoms with Crippen molar-refractivity contribution >= 4 is 18.2 Å². The number of imide groups is 1. The number of pyridine rings is 1. The zero-order valence-corrected chi connectivity index (χ0v) is 12.6. The van der Waals surface area contributed by atoms with Crippen LogP contribution in [0.1, 0.15) is 49.7 Å². The fourth-order valence-electron chi connectivity index (χ4n) is 2.14. The lowest BCUT2D eigenvalue weighted by Crippen LogP contribution is -2.34. The molecule has 1 aliphatic heterocycles. The molecule has 1 unspecified atom stereocenters. The number of nitrogens with zero attached hydrogens (tertiary/aromatic N) is 2. The highest BCUT2D eigenvalue weighted by Gasteiger charge is 2.31. The number of fused-ring (bicyclic) bond motifs is 1. The molecule has 2 rings (SSSR count). The fourth-order valence-corrected chi connectivity index (χ4v) is 2.14. The van der Waals surface area contributed by atoms with Crippen LogP contribution in [0.15, 0.2) is 18.3 Å². The van der Waals surface area contributed by atoms with Crippen molar-refractivity contribution in [3.05, 3.63) is 29.6 Å². The Bertz CT molecular complexity index is 517. The topological polar surface area (TPSA) is 79.4 Å². The van der Waals surface area contributed by atoms with Gasteiger partial charge in [0.1, 0.15) is 0 Å². The highest BCUT2D eigenvalue weighted by molar-refractivity contribution is 5.98. The average molecular weight is 291 g/mol. The first-order valence-electron chi connectivity index (χ1n) is 7.11. The molecule has 0 bridgehead atoms. The third-order valence-electron chi connectivity index (χ3n) is 3.24. The number of nitrogens with one attached hydrogen (secondary N) is 1. The molecule has 21 heavy (non-hydrogen) atoms. The van der Waals surface area contributed by atoms with E-state index < -0.39 is 0 Å². The molecular weight excluding hydrogens is 270 g/mol. The van der Waals surface area contributed by atoms with E-state index in [1.54, 1.807) is 23.2 Å². The van der Waals surface area contributed by atoms with Crippen molar-refractivity contribution in [3.63, 3.8) is 0 Å². The van der Waals surface area contributed by atoms with E-state index in [1.165, 1.54) is 0 Å². The number of carbonyl (C=O) groups excluding carboxylic acids is 3. The number of amides is 3. The Morgan fingerprint density at radius 1 is 1.52 bits per heavy atom. The second kappa shape index (κ2) is 8.14. The molecule has 0 aliphatic carbocycles. The number of carbonyl (C=O) groups is 3. The zero-order chi connectivity index (χ0) is 15.8. The minimum absolute atomic E-state index is 0.0496. The smallest absolute Gasteiger partial charge is 0.256 e. The van der Waals surface area contributed by atoms with E-state index in [0.717, 1.165) is 5.69 Å². The summed E-state index contributed by atoms with van der Waals surface area (Å²) in [6.45, 7) is 6.36. The van der Waals surface area contributed by atoms with Crippen LogP contribution in [0.25, 0.3) is 0 Å². The summed E-state index contributed by atoms with van der Waals surface area (Å²) in [6, 6.07) is 3.43. The van der Waals surface area contributed by atoms with Crippen molar-refractivity contribution in [2.24, 2.45) is 0 Å². The molecule has 114 valence electrons. The van der Waals surface area contributed by atoms with E-state index in [0.29, 0.717) is 24.9 Å². The second-order valence-electron chi connectivity index (χ2n) is 4.50. The highest BCUT2D eigenvalue weighted by atomic mass is 16.2. The van der Waals surface area contributed by atoms with Gasteiger partial charge in [-0.15, -0.1) is 0 Å². The standard InChI is InChI=1S/C13H15N3O3.C2H6/c1-9(4-5-12(18)15-8-17)16-7-11-10(13(16)19)3-2-6-14-11;1-2/h2-3,6,8-9H,4-5,7H2,1H3,(H,15,17,18);1-2H3. The van der Waals surface area contributed by atoms with Gasteiger partial charge in [-0.1, -0.05) is 13.8 Å². The van der Waals surface area contributed by atoms with Crippen molar-refractivity contribution in [2.45, 2.75) is 46.2 Å². The third-order valence-corrected chi connectivity index (χ3v) is 3.24. The summed E-state index contributed by atoms with van der Waals surface area (Å²) >= 11 is 0. The number of rotatable bonds is 5. The normalized spacial score (nSPS) is 13.9. The number of hydrogen-bond donors (Lipinski definition) is 1. The Hall–Kier alpha value is -2.24. The largest absolute Gasteiger partial charge is 0.330 e. The lowest BCUT2D eigenvalue weighted by molar-refractivity contribution is -0.125. The first-order valence-corrected chi connectivity index (χ1v) is 7.11. The van der Waals surface area contributed by atoms with Crippen molar-refractivity contribution in [1.29, 1.82) is 0 Å². The van der Waals surface area contributed by atoms with Crippen LogP contribution in [0.5, 0.6) is 0 Å². The predicted octanol–water partition coefficient (Wildman–Crippen LogP) is 1.50. The molecule has 0 saturated carbocycles. The van der Waals surface area contributed by atoms with E-state index in [1.807, 2.05) is 20.8 Å². The minimum atomic E-state index is -0.330. The molecule has 1 atom stereocenters. The van der Waals surface area contributed by atoms with E-state index in [9.17, 15) is 14.4 Å². The second-order valence-corrected chi connectivity index (χ2v) is 4.50. The van der Waals surface area contributed by atoms with E-state index in [4.69, 9.17) is 0 Å². The van der Waals surface area contributed by atoms with Crippen LogP contribution >= 0.6 is 0 Å². The summed E-state index contributed by atoms with van der Waals surface area (Å²) in [4.78, 5) is 39.3. The molecule has 0 aromatic carbocycles. The average Bonchev–Trinajstić information content (AvgIpc) is 2.85. The molecule has 0 radical (unpaired) electrons. The maximum atomic E-state index is 12.1. The highest BCUT2D eigenvalue weighted by Crippen LogP contribution is 2.23. The Kier molecular flexibility index (Phi) is 6.52. The third kappa shape index (κ3) is 4.11. The Balaban J connectivity index is 0.00000106. The SMILES string of the molecule is CC.CC(CCC(=O)NC=O)N1Cc2ncccc2C1=O. The van der Waals surface area contributed by atoms with Gasteiger partial charge < -0.3 is 4.90 Å². The first-order chi connectivity index (χ1) is 10.1. The summed E-state index contributed by atoms with van der Waals surface area (Å²) in [5, 5.41) is 2.08. The fraction of sp³-hybridized carbons (Fsp3) is 0.467. The zero-order valence-electron chi connectivity index (χ0n) is 12.6. The first kappa shape index (κ1) is 16.8. The van der Waals surface area contributed by atoms with E-state index in [2.05, 4.69) is 10.3 Å². The van der Waals surface area contributed by atoms with Crippen LogP contribution in [0.4, 0.5) is 0 Å². The Morgan fingerprint density at radius 2 is 2.24 bits per heavy atom. The molecular formula is C15H21N3O3. The summed E-state index contributed by atoms with van der Waals surface area (Å²) < 4.78 is 0. The molecule has 1 aromatic heterocycles. The van der Waals surface area contributed by atoms with Gasteiger partial charge in [-0.25, -0.2) is 0 Å². The van der Waals surface area contributed by atoms with Crippen LogP contribution in [0.3, 0.4) is 0 Å². The van der Waals surface area contributed by atoms with Crippen LogP contribution in [-0.2, 0) is 16.1 Å². The lowest BCUT2D eigenvalue weighted by Gasteiger charge is -2.23. The van der Waals surface area contributed by atoms with Gasteiger partial charge >= 0.3 is 0 Å². The van der Waals surface area contributed by atoms with Crippen LogP contribution in [0.2, 0.25) is 0 Å². The Morgan fingerprint density at radius 3 is 2.86 bits per heavy atom. The molecule has 6 heteroatoms. The molecule has 6 nitrogen and oxygen atoms in total. The van der Waals surface area contributed by atoms with Crippen LogP contribution in [-0.4, -0.2) is 34.2 Å². The molecule has 2 heterocycles. The van der Waals surface area contributed by atoms with Gasteiger partial charge in [0.05, 0.1) is 17.8 Å². The molecule has 0 fully saturated rings. The van der Waals surface area contributed by atoms with Crippen LogP contribution in [0, 0.1) is 0 Å². The summed E-state index contributed by atoms with van der Waals surface area (Å²) in [5.74, 6) is -0.379. The number of aromatic nitrogens is 1. The predicted molar refractivity (Wildman–Crippen MR) is 78.4 cm³/mol. The van der Waals surface area contributed by atoms with Gasteiger partial charge in [-0.3, -0.25) is 24.7 Å². The molecule has 1 aromatic rings. The van der Waals surface area contributed by atoms with E-state index in [-0.39, 0.29) is 24.3 Å². The van der Waals surface area contributed by atoms with Crippen molar-refractivity contribution < 1.29 is 14.4 Å². The van der Waals surface area contributed by atoms with Gasteiger partial charge in [-0.05, 0) is 25.5 Å². The lowest BCUT2D eigenvalue weighted by atomic mass is 10.1. The Labute approximate surface area is 124 Å². The van der Waals surface area contributed by atoms with Gasteiger partial charge in [-0.2, -0.15) is 0 Å². The summed E-state index contributed by atoms with van der Waals surface area (Å²) in [5.41, 5.74) is 1.41. The molecule has 1 aliphatic rings. The summed E-state index contributed by atoms with van der Waals surface area (Å²) in [6.07, 6.45) is 2.76. The molecule has 0 saturated heterocycles. The number of hydrogen-bond acceptors (Lipinski definition) is 4. The van der Waals surface area contributed by atoms with Crippen LogP contribution < -0.4 is 5.32 Å². The quantitative estimate of drug-likeness (QED) is 0.834. The monoisotopic (exact) mass is 291 g/mol. The van der Waals surface area contributed by atoms with E-state index >= 15 is 0 Å². The van der Waals surface area contributed by atoms with Crippen molar-refractivity contribution in [1.82, 2.24) is 15.2 Å². The van der Waals surface area contributed by atoms with Gasteiger partial charge in [0.25, 0.3) is 5.91 Å². The van der Waals surface area contributed by atoms with Gasteiger partial charge in [0.2, 0.25) is 12.3 Å². The minimum Gasteiger partial charge on any atom is -0.330 e. The van der Waals surface area contributed by atoms with Crippen molar-refractivity contribution in [2.75, 3.05) is 0 Å². The van der Waals surface area contributed by atoms with Gasteiger partial charge in [0, 0.05) is 18.7 Å². The maximum Gasteiger partial charge on any atom is 0.256 e. The summed E-state index contributed by atoms with van der Waals surface area (Å²) in [7, 11) is 0. The maximum absolute atomic E-state index is 12.1. The van der Waals surface area contributed by atoms with Gasteiger partial charge in [0.15, 0.2) is 0 Å².